The van der Waals surface area contributed by atoms with Crippen molar-refractivity contribution in [2.24, 2.45) is 0 Å². The Balaban J connectivity index is 1.86. The maximum atomic E-state index is 13.4. The van der Waals surface area contributed by atoms with Crippen molar-refractivity contribution in [2.45, 2.75) is 0 Å². The minimum Gasteiger partial charge on any atom is -0.321 e. The van der Waals surface area contributed by atoms with E-state index in [1.807, 2.05) is 0 Å². The summed E-state index contributed by atoms with van der Waals surface area (Å²) in [7, 11) is 0. The van der Waals surface area contributed by atoms with Crippen molar-refractivity contribution in [3.63, 3.8) is 0 Å². The van der Waals surface area contributed by atoms with Crippen LogP contribution >= 0.6 is 11.6 Å². The number of nitrogens with one attached hydrogen (secondary N) is 1. The number of carbonyl (C=O) groups is 1. The van der Waals surface area contributed by atoms with Crippen molar-refractivity contribution in [1.29, 1.82) is 0 Å². The third kappa shape index (κ3) is 3.14. The van der Waals surface area contributed by atoms with Crippen molar-refractivity contribution < 1.29 is 9.72 Å². The van der Waals surface area contributed by atoms with Gasteiger partial charge in [-0.3, -0.25) is 24.3 Å². The van der Waals surface area contributed by atoms with Gasteiger partial charge >= 0.3 is 0 Å². The molecule has 1 aromatic heterocycles. The Labute approximate surface area is 185 Å². The van der Waals surface area contributed by atoms with Crippen molar-refractivity contribution in [2.75, 3.05) is 5.32 Å². The molecular weight excluding hydrogens is 432 g/mol. The number of hydrogen-bond donors (Lipinski definition) is 1. The summed E-state index contributed by atoms with van der Waals surface area (Å²) in [5.74, 6) is -0.272. The van der Waals surface area contributed by atoms with Gasteiger partial charge in [0.1, 0.15) is 11.5 Å². The number of para-hydroxylation sites is 2. The van der Waals surface area contributed by atoms with Gasteiger partial charge in [0, 0.05) is 22.3 Å². The van der Waals surface area contributed by atoms with Crippen LogP contribution in [-0.2, 0) is 4.79 Å². The molecule has 8 nitrogen and oxygen atoms in total. The molecule has 4 aromatic rings. The lowest BCUT2D eigenvalue weighted by Crippen LogP contribution is -2.23. The summed E-state index contributed by atoms with van der Waals surface area (Å²) in [6.07, 6.45) is 1.47. The molecule has 0 fully saturated rings. The number of halogens is 1. The molecule has 1 amide bonds. The van der Waals surface area contributed by atoms with E-state index in [9.17, 15) is 19.7 Å². The first kappa shape index (κ1) is 19.7. The van der Waals surface area contributed by atoms with Gasteiger partial charge in [-0.05, 0) is 36.4 Å². The number of aromatic nitrogens is 2. The lowest BCUT2D eigenvalue weighted by atomic mass is 10.1. The van der Waals surface area contributed by atoms with Crippen LogP contribution in [-0.4, -0.2) is 20.4 Å². The minimum absolute atomic E-state index is 0.00110. The van der Waals surface area contributed by atoms with Crippen LogP contribution in [0, 0.1) is 10.1 Å². The number of benzene rings is 3. The molecular formula is C23H13ClN4O4. The first-order valence-corrected chi connectivity index (χ1v) is 9.90. The molecule has 0 unspecified atom stereocenters. The van der Waals surface area contributed by atoms with Gasteiger partial charge in [0.05, 0.1) is 21.4 Å². The van der Waals surface area contributed by atoms with Gasteiger partial charge in [-0.1, -0.05) is 41.9 Å². The Bertz CT molecular complexity index is 1540. The van der Waals surface area contributed by atoms with E-state index in [4.69, 9.17) is 11.6 Å². The monoisotopic (exact) mass is 444 g/mol. The predicted molar refractivity (Wildman–Crippen MR) is 122 cm³/mol. The van der Waals surface area contributed by atoms with Crippen LogP contribution in [0.4, 0.5) is 11.4 Å². The topological polar surface area (TPSA) is 107 Å². The molecule has 5 rings (SSSR count). The Morgan fingerprint density at radius 3 is 2.59 bits per heavy atom. The van der Waals surface area contributed by atoms with Gasteiger partial charge in [-0.2, -0.15) is 0 Å². The Hall–Kier alpha value is -4.30. The summed E-state index contributed by atoms with van der Waals surface area (Å²) < 4.78 is 1.14. The first-order valence-electron chi connectivity index (χ1n) is 9.52. The standard InChI is InChI=1S/C23H13ClN4O4/c24-13-9-10-19(20(11-13)28(31)32)27-21(25-18-8-4-2-6-15(18)23(27)30)12-16-14-5-1-3-7-17(14)26-22(16)29/h1-12H,(H,26,29). The molecule has 156 valence electrons. The normalized spacial score (nSPS) is 13.9. The summed E-state index contributed by atoms with van der Waals surface area (Å²) in [6.45, 7) is 0. The third-order valence-electron chi connectivity index (χ3n) is 5.16. The molecule has 1 aliphatic heterocycles. The second-order valence-corrected chi connectivity index (χ2v) is 7.51. The molecule has 3 aromatic carbocycles. The highest BCUT2D eigenvalue weighted by molar-refractivity contribution is 6.34. The predicted octanol–water partition coefficient (Wildman–Crippen LogP) is 4.44. The summed E-state index contributed by atoms with van der Waals surface area (Å²) in [6, 6.07) is 17.8. The highest BCUT2D eigenvalue weighted by Crippen LogP contribution is 2.33. The number of rotatable bonds is 3. The molecule has 0 spiro atoms. The van der Waals surface area contributed by atoms with Crippen LogP contribution in [0.5, 0.6) is 0 Å². The summed E-state index contributed by atoms with van der Waals surface area (Å²) in [4.78, 5) is 41.7. The summed E-state index contributed by atoms with van der Waals surface area (Å²) in [5, 5.41) is 14.9. The fourth-order valence-electron chi connectivity index (χ4n) is 3.72. The second-order valence-electron chi connectivity index (χ2n) is 7.08. The van der Waals surface area contributed by atoms with Crippen molar-refractivity contribution in [3.05, 3.63) is 104 Å². The average Bonchev–Trinajstić information content (AvgIpc) is 3.09. The summed E-state index contributed by atoms with van der Waals surface area (Å²) >= 11 is 5.96. The molecule has 0 aliphatic carbocycles. The Morgan fingerprint density at radius 2 is 1.78 bits per heavy atom. The van der Waals surface area contributed by atoms with Crippen molar-refractivity contribution >= 4 is 51.4 Å². The minimum atomic E-state index is -0.614. The number of nitro groups is 1. The number of carbonyl (C=O) groups excluding carboxylic acids is 1. The van der Waals surface area contributed by atoms with Gasteiger partial charge in [-0.25, -0.2) is 4.98 Å². The maximum absolute atomic E-state index is 13.4. The van der Waals surface area contributed by atoms with E-state index >= 15 is 0 Å². The largest absolute Gasteiger partial charge is 0.321 e. The molecule has 0 atom stereocenters. The molecule has 1 N–H and O–H groups in total. The zero-order valence-electron chi connectivity index (χ0n) is 16.3. The Kier molecular flexibility index (Phi) is 4.57. The fourth-order valence-corrected chi connectivity index (χ4v) is 3.89. The highest BCUT2D eigenvalue weighted by Gasteiger charge is 2.26. The van der Waals surface area contributed by atoms with E-state index in [0.717, 1.165) is 4.57 Å². The number of fused-ring (bicyclic) bond motifs is 2. The number of hydrogen-bond acceptors (Lipinski definition) is 5. The molecule has 2 heterocycles. The Morgan fingerprint density at radius 1 is 1.03 bits per heavy atom. The van der Waals surface area contributed by atoms with E-state index in [0.29, 0.717) is 22.3 Å². The van der Waals surface area contributed by atoms with Gasteiger partial charge in [-0.15, -0.1) is 0 Å². The molecule has 0 saturated heterocycles. The number of nitrogens with zero attached hydrogens (tertiary/aromatic N) is 3. The highest BCUT2D eigenvalue weighted by atomic mass is 35.5. The average molecular weight is 445 g/mol. The van der Waals surface area contributed by atoms with Crippen LogP contribution in [0.25, 0.3) is 28.2 Å². The second kappa shape index (κ2) is 7.44. The zero-order chi connectivity index (χ0) is 22.4. The number of anilines is 1. The zero-order valence-corrected chi connectivity index (χ0v) is 17.0. The lowest BCUT2D eigenvalue weighted by molar-refractivity contribution is -0.384. The van der Waals surface area contributed by atoms with Gasteiger partial charge < -0.3 is 5.32 Å². The molecule has 0 bridgehead atoms. The maximum Gasteiger partial charge on any atom is 0.294 e. The molecule has 9 heteroatoms. The van der Waals surface area contributed by atoms with E-state index in [-0.39, 0.29) is 33.5 Å². The van der Waals surface area contributed by atoms with Crippen LogP contribution in [0.2, 0.25) is 5.02 Å². The van der Waals surface area contributed by atoms with E-state index in [2.05, 4.69) is 10.3 Å². The molecule has 1 aliphatic rings. The van der Waals surface area contributed by atoms with Crippen molar-refractivity contribution in [1.82, 2.24) is 9.55 Å². The quantitative estimate of drug-likeness (QED) is 0.285. The lowest BCUT2D eigenvalue weighted by Gasteiger charge is -2.12. The smallest absolute Gasteiger partial charge is 0.294 e. The third-order valence-corrected chi connectivity index (χ3v) is 5.40. The van der Waals surface area contributed by atoms with Crippen LogP contribution in [0.15, 0.2) is 71.5 Å². The molecule has 0 saturated carbocycles. The number of nitro benzene ring substituents is 1. The first-order chi connectivity index (χ1) is 15.4. The van der Waals surface area contributed by atoms with Crippen LogP contribution in [0.1, 0.15) is 11.4 Å². The fraction of sp³-hybridized carbons (Fsp3) is 0. The summed E-state index contributed by atoms with van der Waals surface area (Å²) in [5.41, 5.74) is 1.14. The van der Waals surface area contributed by atoms with Gasteiger partial charge in [0.15, 0.2) is 0 Å². The van der Waals surface area contributed by atoms with Crippen molar-refractivity contribution in [3.8, 4) is 5.69 Å². The van der Waals surface area contributed by atoms with Gasteiger partial charge in [0.25, 0.3) is 17.2 Å². The SMILES string of the molecule is O=C1Nc2ccccc2C1=Cc1nc2ccccc2c(=O)n1-c1ccc(Cl)cc1[N+](=O)[O-]. The number of amides is 1. The van der Waals surface area contributed by atoms with Crippen LogP contribution in [0.3, 0.4) is 0 Å². The van der Waals surface area contributed by atoms with E-state index in [1.54, 1.807) is 48.5 Å². The molecule has 0 radical (unpaired) electrons. The molecule has 32 heavy (non-hydrogen) atoms. The van der Waals surface area contributed by atoms with Crippen LogP contribution < -0.4 is 10.9 Å². The van der Waals surface area contributed by atoms with Gasteiger partial charge in [0.2, 0.25) is 0 Å². The van der Waals surface area contributed by atoms with E-state index in [1.165, 1.54) is 24.3 Å². The van der Waals surface area contributed by atoms with E-state index < -0.39 is 10.5 Å².